The second-order valence-corrected chi connectivity index (χ2v) is 7.55. The summed E-state index contributed by atoms with van der Waals surface area (Å²) in [6, 6.07) is 16.3. The van der Waals surface area contributed by atoms with Crippen LogP contribution in [0.1, 0.15) is 27.2 Å². The molecule has 0 radical (unpaired) electrons. The summed E-state index contributed by atoms with van der Waals surface area (Å²) in [4.78, 5) is 12.4. The number of hydrogen-bond acceptors (Lipinski definition) is 3. The minimum atomic E-state index is -4.71. The molecule has 0 spiro atoms. The monoisotopic (exact) mass is 419 g/mol. The number of aryl methyl sites for hydroxylation is 1. The number of aromatic nitrogens is 2. The van der Waals surface area contributed by atoms with Gasteiger partial charge in [-0.3, -0.25) is 4.79 Å². The van der Waals surface area contributed by atoms with Crippen LogP contribution in [0.15, 0.2) is 60.8 Å². The predicted molar refractivity (Wildman–Crippen MR) is 108 cm³/mol. The first kappa shape index (κ1) is 21.0. The van der Waals surface area contributed by atoms with Crippen LogP contribution in [0, 0.1) is 6.92 Å². The van der Waals surface area contributed by atoms with Gasteiger partial charge in [-0.2, -0.15) is 30.0 Å². The molecular formula is C21H20F3N3OS. The third-order valence-electron chi connectivity index (χ3n) is 4.20. The Kier molecular flexibility index (Phi) is 6.64. The summed E-state index contributed by atoms with van der Waals surface area (Å²) in [6.07, 6.45) is -3.74. The van der Waals surface area contributed by atoms with E-state index in [1.54, 1.807) is 36.0 Å². The van der Waals surface area contributed by atoms with Gasteiger partial charge in [-0.15, -0.1) is 0 Å². The van der Waals surface area contributed by atoms with Crippen LogP contribution in [0.3, 0.4) is 0 Å². The minimum absolute atomic E-state index is 0.250. The zero-order valence-corrected chi connectivity index (χ0v) is 16.6. The molecule has 1 heterocycles. The lowest BCUT2D eigenvalue weighted by molar-refractivity contribution is -0.143. The van der Waals surface area contributed by atoms with E-state index in [9.17, 15) is 18.0 Å². The normalized spacial score (nSPS) is 11.4. The lowest BCUT2D eigenvalue weighted by atomic mass is 10.2. The standard InChI is InChI=1S/C21H20F3N3OS/c1-15-7-9-17(10-8-15)27-19(21(22,23)24)18(13-26-27)20(28)25-11-12-29-14-16-5-3-2-4-6-16/h2-10,13H,11-12,14H2,1H3,(H,25,28). The van der Waals surface area contributed by atoms with Crippen molar-refractivity contribution >= 4 is 17.7 Å². The number of amides is 1. The Labute approximate surface area is 171 Å². The van der Waals surface area contributed by atoms with Gasteiger partial charge in [0.05, 0.1) is 17.4 Å². The molecule has 0 aliphatic rings. The van der Waals surface area contributed by atoms with Crippen molar-refractivity contribution < 1.29 is 18.0 Å². The predicted octanol–water partition coefficient (Wildman–Crippen LogP) is 4.86. The molecule has 2 aromatic carbocycles. The molecule has 152 valence electrons. The van der Waals surface area contributed by atoms with Crippen LogP contribution in [0.5, 0.6) is 0 Å². The fraction of sp³-hybridized carbons (Fsp3) is 0.238. The molecule has 29 heavy (non-hydrogen) atoms. The number of hydrogen-bond donors (Lipinski definition) is 1. The molecule has 0 fully saturated rings. The van der Waals surface area contributed by atoms with Gasteiger partial charge in [0, 0.05) is 18.1 Å². The molecule has 0 atom stereocenters. The topological polar surface area (TPSA) is 46.9 Å². The summed E-state index contributed by atoms with van der Waals surface area (Å²) in [5.74, 6) is 0.584. The molecule has 1 aromatic heterocycles. The van der Waals surface area contributed by atoms with Gasteiger partial charge in [-0.1, -0.05) is 48.0 Å². The third-order valence-corrected chi connectivity index (χ3v) is 5.23. The molecule has 1 amide bonds. The Bertz CT molecular complexity index is 954. The second-order valence-electron chi connectivity index (χ2n) is 6.45. The van der Waals surface area contributed by atoms with Crippen LogP contribution in [-0.2, 0) is 11.9 Å². The van der Waals surface area contributed by atoms with Gasteiger partial charge in [0.15, 0.2) is 5.69 Å². The number of carbonyl (C=O) groups is 1. The molecule has 4 nitrogen and oxygen atoms in total. The van der Waals surface area contributed by atoms with E-state index in [2.05, 4.69) is 10.4 Å². The van der Waals surface area contributed by atoms with Crippen molar-refractivity contribution in [3.05, 3.63) is 83.2 Å². The number of halogens is 3. The van der Waals surface area contributed by atoms with Crippen molar-refractivity contribution in [2.45, 2.75) is 18.9 Å². The maximum Gasteiger partial charge on any atom is 0.434 e. The zero-order valence-electron chi connectivity index (χ0n) is 15.7. The van der Waals surface area contributed by atoms with Crippen molar-refractivity contribution in [2.24, 2.45) is 0 Å². The lowest BCUT2D eigenvalue weighted by Crippen LogP contribution is -2.28. The van der Waals surface area contributed by atoms with E-state index in [0.29, 0.717) is 5.75 Å². The Morgan fingerprint density at radius 2 is 1.79 bits per heavy atom. The molecule has 0 aliphatic carbocycles. The summed E-state index contributed by atoms with van der Waals surface area (Å²) in [7, 11) is 0. The molecule has 0 aliphatic heterocycles. The number of rotatable bonds is 7. The van der Waals surface area contributed by atoms with Crippen LogP contribution in [0.4, 0.5) is 13.2 Å². The number of benzene rings is 2. The van der Waals surface area contributed by atoms with Gasteiger partial charge in [0.1, 0.15) is 0 Å². The van der Waals surface area contributed by atoms with Gasteiger partial charge in [0.25, 0.3) is 5.91 Å². The van der Waals surface area contributed by atoms with Crippen LogP contribution in [0.2, 0.25) is 0 Å². The Balaban J connectivity index is 1.66. The van der Waals surface area contributed by atoms with Gasteiger partial charge in [-0.05, 0) is 24.6 Å². The van der Waals surface area contributed by atoms with E-state index >= 15 is 0 Å². The second kappa shape index (κ2) is 9.17. The van der Waals surface area contributed by atoms with E-state index in [1.807, 2.05) is 37.3 Å². The lowest BCUT2D eigenvalue weighted by Gasteiger charge is -2.13. The first-order valence-corrected chi connectivity index (χ1v) is 10.1. The van der Waals surface area contributed by atoms with E-state index in [4.69, 9.17) is 0 Å². The highest BCUT2D eigenvalue weighted by atomic mass is 32.2. The number of thioether (sulfide) groups is 1. The largest absolute Gasteiger partial charge is 0.434 e. The Morgan fingerprint density at radius 3 is 2.45 bits per heavy atom. The molecule has 3 rings (SSSR count). The van der Waals surface area contributed by atoms with Gasteiger partial charge in [0.2, 0.25) is 0 Å². The third kappa shape index (κ3) is 5.41. The average molecular weight is 419 g/mol. The highest BCUT2D eigenvalue weighted by molar-refractivity contribution is 7.98. The smallest absolute Gasteiger partial charge is 0.351 e. The van der Waals surface area contributed by atoms with Crippen molar-refractivity contribution in [1.29, 1.82) is 0 Å². The fourth-order valence-corrected chi connectivity index (χ4v) is 3.58. The SMILES string of the molecule is Cc1ccc(-n2ncc(C(=O)NCCSCc3ccccc3)c2C(F)(F)F)cc1. The molecule has 0 saturated heterocycles. The Hall–Kier alpha value is -2.74. The van der Waals surface area contributed by atoms with E-state index in [1.165, 1.54) is 0 Å². The molecule has 0 saturated carbocycles. The van der Waals surface area contributed by atoms with Crippen LogP contribution in [0.25, 0.3) is 5.69 Å². The number of carbonyl (C=O) groups excluding carboxylic acids is 1. The highest BCUT2D eigenvalue weighted by Gasteiger charge is 2.40. The maximum atomic E-state index is 13.7. The van der Waals surface area contributed by atoms with E-state index in [-0.39, 0.29) is 12.2 Å². The zero-order chi connectivity index (χ0) is 20.9. The number of nitrogens with zero attached hydrogens (tertiary/aromatic N) is 2. The van der Waals surface area contributed by atoms with Crippen molar-refractivity contribution in [2.75, 3.05) is 12.3 Å². The van der Waals surface area contributed by atoms with Crippen LogP contribution in [-0.4, -0.2) is 28.0 Å². The van der Waals surface area contributed by atoms with Gasteiger partial charge < -0.3 is 5.32 Å². The number of nitrogens with one attached hydrogen (secondary N) is 1. The molecule has 0 unspecified atom stereocenters. The maximum absolute atomic E-state index is 13.7. The molecule has 3 aromatic rings. The molecular weight excluding hydrogens is 399 g/mol. The van der Waals surface area contributed by atoms with Crippen molar-refractivity contribution in [3.8, 4) is 5.69 Å². The van der Waals surface area contributed by atoms with E-state index in [0.717, 1.165) is 27.8 Å². The summed E-state index contributed by atoms with van der Waals surface area (Å²) < 4.78 is 41.7. The van der Waals surface area contributed by atoms with E-state index < -0.39 is 23.3 Å². The molecule has 0 bridgehead atoms. The summed E-state index contributed by atoms with van der Waals surface area (Å²) in [6.45, 7) is 2.11. The molecule has 1 N–H and O–H groups in total. The van der Waals surface area contributed by atoms with Crippen molar-refractivity contribution in [3.63, 3.8) is 0 Å². The quantitative estimate of drug-likeness (QED) is 0.556. The summed E-state index contributed by atoms with van der Waals surface area (Å²) >= 11 is 1.60. The summed E-state index contributed by atoms with van der Waals surface area (Å²) in [5, 5.41) is 6.38. The van der Waals surface area contributed by atoms with Crippen LogP contribution >= 0.6 is 11.8 Å². The Morgan fingerprint density at radius 1 is 1.10 bits per heavy atom. The van der Waals surface area contributed by atoms with Crippen molar-refractivity contribution in [1.82, 2.24) is 15.1 Å². The highest BCUT2D eigenvalue weighted by Crippen LogP contribution is 2.33. The van der Waals surface area contributed by atoms with Gasteiger partial charge in [-0.25, -0.2) is 4.68 Å². The fourth-order valence-electron chi connectivity index (χ4n) is 2.77. The first-order chi connectivity index (χ1) is 13.9. The van der Waals surface area contributed by atoms with Gasteiger partial charge >= 0.3 is 6.18 Å². The molecule has 8 heteroatoms. The number of alkyl halides is 3. The average Bonchev–Trinajstić information content (AvgIpc) is 3.15. The minimum Gasteiger partial charge on any atom is -0.351 e. The first-order valence-electron chi connectivity index (χ1n) is 8.98. The van der Waals surface area contributed by atoms with Crippen LogP contribution < -0.4 is 5.32 Å². The summed E-state index contributed by atoms with van der Waals surface area (Å²) in [5.41, 5.74) is 0.769.